The van der Waals surface area contributed by atoms with Crippen molar-refractivity contribution in [2.75, 3.05) is 11.9 Å². The molecule has 0 aliphatic heterocycles. The lowest BCUT2D eigenvalue weighted by atomic mass is 10.2. The number of carbonyl (C=O) groups excluding carboxylic acids is 2. The zero-order valence-electron chi connectivity index (χ0n) is 10.9. The van der Waals surface area contributed by atoms with Crippen molar-refractivity contribution in [1.82, 2.24) is 4.98 Å². The van der Waals surface area contributed by atoms with Crippen molar-refractivity contribution in [3.05, 3.63) is 46.5 Å². The van der Waals surface area contributed by atoms with Gasteiger partial charge >= 0.3 is 5.97 Å². The number of anilines is 1. The second kappa shape index (κ2) is 6.40. The summed E-state index contributed by atoms with van der Waals surface area (Å²) in [6, 6.07) is 3.11. The maximum atomic E-state index is 13.4. The van der Waals surface area contributed by atoms with Crippen LogP contribution in [0.5, 0.6) is 0 Å². The van der Waals surface area contributed by atoms with E-state index in [-0.39, 0.29) is 17.4 Å². The molecule has 1 aromatic carbocycles. The van der Waals surface area contributed by atoms with E-state index in [1.54, 1.807) is 6.92 Å². The van der Waals surface area contributed by atoms with Crippen LogP contribution in [0.1, 0.15) is 27.8 Å². The summed E-state index contributed by atoms with van der Waals surface area (Å²) in [4.78, 5) is 27.1. The maximum absolute atomic E-state index is 13.4. The van der Waals surface area contributed by atoms with Gasteiger partial charge in [-0.25, -0.2) is 18.6 Å². The fourth-order valence-electron chi connectivity index (χ4n) is 1.50. The molecule has 8 heteroatoms. The monoisotopic (exact) mass is 312 g/mol. The molecule has 0 spiro atoms. The van der Waals surface area contributed by atoms with Gasteiger partial charge in [0.25, 0.3) is 5.91 Å². The standard InChI is InChI=1S/C13H10F2N2O3S/c1-2-20-12(19)9-6-21-13(16-9)17-11(18)10-7(14)4-3-5-8(10)15/h3-6H,2H2,1H3,(H,16,17,18). The van der Waals surface area contributed by atoms with E-state index in [0.717, 1.165) is 29.5 Å². The van der Waals surface area contributed by atoms with Crippen molar-refractivity contribution < 1.29 is 23.1 Å². The number of hydrogen-bond acceptors (Lipinski definition) is 5. The number of carbonyl (C=O) groups is 2. The minimum Gasteiger partial charge on any atom is -0.461 e. The van der Waals surface area contributed by atoms with Crippen LogP contribution in [0.3, 0.4) is 0 Å². The van der Waals surface area contributed by atoms with Crippen molar-refractivity contribution in [3.8, 4) is 0 Å². The normalized spacial score (nSPS) is 10.2. The first kappa shape index (κ1) is 15.0. The van der Waals surface area contributed by atoms with Crippen molar-refractivity contribution in [2.45, 2.75) is 6.92 Å². The molecule has 0 aliphatic carbocycles. The third-order valence-electron chi connectivity index (χ3n) is 2.40. The molecule has 5 nitrogen and oxygen atoms in total. The molecule has 2 rings (SSSR count). The predicted molar refractivity (Wildman–Crippen MR) is 72.4 cm³/mol. The fraction of sp³-hybridized carbons (Fsp3) is 0.154. The Balaban J connectivity index is 2.15. The molecule has 21 heavy (non-hydrogen) atoms. The van der Waals surface area contributed by atoms with Gasteiger partial charge < -0.3 is 4.74 Å². The first-order chi connectivity index (χ1) is 10.0. The second-order valence-corrected chi connectivity index (χ2v) is 4.67. The summed E-state index contributed by atoms with van der Waals surface area (Å²) < 4.78 is 31.6. The smallest absolute Gasteiger partial charge is 0.357 e. The lowest BCUT2D eigenvalue weighted by Gasteiger charge is -2.04. The van der Waals surface area contributed by atoms with E-state index >= 15 is 0 Å². The van der Waals surface area contributed by atoms with E-state index in [0.29, 0.717) is 0 Å². The number of nitrogens with zero attached hydrogens (tertiary/aromatic N) is 1. The SMILES string of the molecule is CCOC(=O)c1csc(NC(=O)c2c(F)cccc2F)n1. The van der Waals surface area contributed by atoms with Crippen molar-refractivity contribution in [2.24, 2.45) is 0 Å². The van der Waals surface area contributed by atoms with E-state index in [1.807, 2.05) is 0 Å². The van der Waals surface area contributed by atoms with E-state index in [4.69, 9.17) is 4.74 Å². The largest absolute Gasteiger partial charge is 0.461 e. The van der Waals surface area contributed by atoms with Crippen LogP contribution in [-0.2, 0) is 4.74 Å². The highest BCUT2D eigenvalue weighted by Gasteiger charge is 2.19. The summed E-state index contributed by atoms with van der Waals surface area (Å²) in [6.07, 6.45) is 0. The van der Waals surface area contributed by atoms with Crippen molar-refractivity contribution >= 4 is 28.3 Å². The highest BCUT2D eigenvalue weighted by atomic mass is 32.1. The molecular formula is C13H10F2N2O3S. The quantitative estimate of drug-likeness (QED) is 0.882. The van der Waals surface area contributed by atoms with Crippen molar-refractivity contribution in [1.29, 1.82) is 0 Å². The Bertz CT molecular complexity index is 668. The Hall–Kier alpha value is -2.35. The van der Waals surface area contributed by atoms with Crippen LogP contribution < -0.4 is 5.32 Å². The summed E-state index contributed by atoms with van der Waals surface area (Å²) in [5.41, 5.74) is -0.684. The van der Waals surface area contributed by atoms with Gasteiger partial charge in [-0.15, -0.1) is 11.3 Å². The molecule has 1 N–H and O–H groups in total. The van der Waals surface area contributed by atoms with Gasteiger partial charge in [0.15, 0.2) is 10.8 Å². The van der Waals surface area contributed by atoms with E-state index < -0.39 is 29.1 Å². The Labute approximate surface area is 122 Å². The van der Waals surface area contributed by atoms with Crippen LogP contribution in [0.15, 0.2) is 23.6 Å². The number of benzene rings is 1. The van der Waals surface area contributed by atoms with Gasteiger partial charge in [0.2, 0.25) is 0 Å². The summed E-state index contributed by atoms with van der Waals surface area (Å²) in [5.74, 6) is -3.56. The highest BCUT2D eigenvalue weighted by Crippen LogP contribution is 2.19. The number of nitrogens with one attached hydrogen (secondary N) is 1. The van der Waals surface area contributed by atoms with Crippen LogP contribution in [-0.4, -0.2) is 23.5 Å². The molecular weight excluding hydrogens is 302 g/mol. The van der Waals surface area contributed by atoms with Crippen molar-refractivity contribution in [3.63, 3.8) is 0 Å². The Morgan fingerprint density at radius 2 is 2.00 bits per heavy atom. The average Bonchev–Trinajstić information content (AvgIpc) is 2.87. The molecule has 1 amide bonds. The Morgan fingerprint density at radius 1 is 1.33 bits per heavy atom. The number of esters is 1. The van der Waals surface area contributed by atoms with E-state index in [9.17, 15) is 18.4 Å². The van der Waals surface area contributed by atoms with Crippen LogP contribution in [0.2, 0.25) is 0 Å². The van der Waals surface area contributed by atoms with Gasteiger partial charge in [-0.2, -0.15) is 0 Å². The van der Waals surface area contributed by atoms with Gasteiger partial charge in [-0.05, 0) is 19.1 Å². The van der Waals surface area contributed by atoms with Gasteiger partial charge in [-0.1, -0.05) is 6.07 Å². The molecule has 0 atom stereocenters. The van der Waals surface area contributed by atoms with Gasteiger partial charge in [0, 0.05) is 5.38 Å². The average molecular weight is 312 g/mol. The number of rotatable bonds is 4. The summed E-state index contributed by atoms with van der Waals surface area (Å²) in [7, 11) is 0. The van der Waals surface area contributed by atoms with Crippen LogP contribution in [0.25, 0.3) is 0 Å². The number of ether oxygens (including phenoxy) is 1. The molecule has 0 saturated carbocycles. The van der Waals surface area contributed by atoms with Gasteiger partial charge in [-0.3, -0.25) is 10.1 Å². The summed E-state index contributed by atoms with van der Waals surface area (Å²) >= 11 is 0.950. The summed E-state index contributed by atoms with van der Waals surface area (Å²) in [5, 5.41) is 3.67. The molecule has 0 saturated heterocycles. The molecule has 110 valence electrons. The maximum Gasteiger partial charge on any atom is 0.357 e. The van der Waals surface area contributed by atoms with Crippen LogP contribution in [0, 0.1) is 11.6 Å². The minimum absolute atomic E-state index is 0.0196. The molecule has 0 unspecified atom stereocenters. The Kier molecular flexibility index (Phi) is 4.59. The van der Waals surface area contributed by atoms with Gasteiger partial charge in [0.1, 0.15) is 17.2 Å². The fourth-order valence-corrected chi connectivity index (χ4v) is 2.18. The van der Waals surface area contributed by atoms with E-state index in [1.165, 1.54) is 5.38 Å². The molecule has 0 bridgehead atoms. The number of thiazole rings is 1. The third-order valence-corrected chi connectivity index (χ3v) is 3.16. The molecule has 2 aromatic rings. The summed E-state index contributed by atoms with van der Waals surface area (Å²) in [6.45, 7) is 1.84. The zero-order chi connectivity index (χ0) is 15.4. The third kappa shape index (κ3) is 3.40. The van der Waals surface area contributed by atoms with Crippen LogP contribution in [0.4, 0.5) is 13.9 Å². The first-order valence-electron chi connectivity index (χ1n) is 5.91. The topological polar surface area (TPSA) is 68.3 Å². The van der Waals surface area contributed by atoms with Gasteiger partial charge in [0.05, 0.1) is 6.61 Å². The minimum atomic E-state index is -0.977. The van der Waals surface area contributed by atoms with Crippen LogP contribution >= 0.6 is 11.3 Å². The van der Waals surface area contributed by atoms with E-state index in [2.05, 4.69) is 10.3 Å². The molecule has 0 aliphatic rings. The number of halogens is 2. The number of amides is 1. The highest BCUT2D eigenvalue weighted by molar-refractivity contribution is 7.14. The molecule has 0 radical (unpaired) electrons. The molecule has 1 heterocycles. The Morgan fingerprint density at radius 3 is 2.62 bits per heavy atom. The zero-order valence-corrected chi connectivity index (χ0v) is 11.7. The second-order valence-electron chi connectivity index (χ2n) is 3.81. The number of hydrogen-bond donors (Lipinski definition) is 1. The predicted octanol–water partition coefficient (Wildman–Crippen LogP) is 2.85. The molecule has 0 fully saturated rings. The lowest BCUT2D eigenvalue weighted by molar-refractivity contribution is 0.0520. The number of aromatic nitrogens is 1. The molecule has 1 aromatic heterocycles. The first-order valence-corrected chi connectivity index (χ1v) is 6.79. The lowest BCUT2D eigenvalue weighted by Crippen LogP contribution is -2.16.